The highest BCUT2D eigenvalue weighted by atomic mass is 35.5. The second-order valence-electron chi connectivity index (χ2n) is 3.62. The third kappa shape index (κ3) is 5.09. The molecule has 0 aliphatic heterocycles. The van der Waals surface area contributed by atoms with Crippen molar-refractivity contribution >= 4 is 29.1 Å². The number of hydrogen-bond acceptors (Lipinski definition) is 5. The number of nitrogens with zero attached hydrogens (tertiary/aromatic N) is 1. The molecule has 0 aromatic heterocycles. The molecule has 5 nitrogen and oxygen atoms in total. The van der Waals surface area contributed by atoms with E-state index in [9.17, 15) is 9.59 Å². The summed E-state index contributed by atoms with van der Waals surface area (Å²) in [6, 6.07) is 6.94. The zero-order chi connectivity index (χ0) is 14.3. The van der Waals surface area contributed by atoms with Crippen LogP contribution >= 0.6 is 11.6 Å². The fourth-order valence-corrected chi connectivity index (χ4v) is 1.32. The minimum Gasteiger partial charge on any atom is -0.461 e. The van der Waals surface area contributed by atoms with Gasteiger partial charge in [0.1, 0.15) is 6.61 Å². The van der Waals surface area contributed by atoms with E-state index in [0.29, 0.717) is 5.02 Å². The molecule has 0 aliphatic carbocycles. The summed E-state index contributed by atoms with van der Waals surface area (Å²) in [7, 11) is 0. The number of carbonyl (C=O) groups is 2. The lowest BCUT2D eigenvalue weighted by Crippen LogP contribution is -2.24. The molecule has 0 bridgehead atoms. The summed E-state index contributed by atoms with van der Waals surface area (Å²) in [4.78, 5) is 27.6. The number of carbonyl (C=O) groups excluding carboxylic acids is 2. The molecule has 19 heavy (non-hydrogen) atoms. The largest absolute Gasteiger partial charge is 0.461 e. The Bertz CT molecular complexity index is 482. The maximum absolute atomic E-state index is 11.4. The van der Waals surface area contributed by atoms with E-state index in [-0.39, 0.29) is 18.9 Å². The quantitative estimate of drug-likeness (QED) is 0.348. The molecular weight excluding hydrogens is 270 g/mol. The van der Waals surface area contributed by atoms with Crippen LogP contribution < -0.4 is 0 Å². The molecule has 0 radical (unpaired) electrons. The van der Waals surface area contributed by atoms with Crippen LogP contribution in [0.5, 0.6) is 0 Å². The van der Waals surface area contributed by atoms with Gasteiger partial charge in [0, 0.05) is 11.9 Å². The molecule has 0 saturated carbocycles. The molecule has 0 atom stereocenters. The number of rotatable bonds is 6. The predicted molar refractivity (Wildman–Crippen MR) is 71.0 cm³/mol. The monoisotopic (exact) mass is 283 g/mol. The molecule has 0 N–H and O–H groups in total. The van der Waals surface area contributed by atoms with E-state index in [1.165, 1.54) is 6.92 Å². The molecule has 6 heteroatoms. The minimum absolute atomic E-state index is 0.132. The van der Waals surface area contributed by atoms with E-state index in [0.717, 1.165) is 5.56 Å². The molecule has 0 aliphatic rings. The fraction of sp³-hybridized carbons (Fsp3) is 0.308. The average molecular weight is 284 g/mol. The van der Waals surface area contributed by atoms with E-state index in [2.05, 4.69) is 5.16 Å². The predicted octanol–water partition coefficient (Wildman–Crippen LogP) is 2.36. The third-order valence-corrected chi connectivity index (χ3v) is 2.35. The summed E-state index contributed by atoms with van der Waals surface area (Å²) in [5.74, 6) is -1.29. The van der Waals surface area contributed by atoms with Gasteiger partial charge in [-0.2, -0.15) is 0 Å². The van der Waals surface area contributed by atoms with Crippen molar-refractivity contribution in [2.45, 2.75) is 20.5 Å². The average Bonchev–Trinajstić information content (AvgIpc) is 2.36. The van der Waals surface area contributed by atoms with Crippen LogP contribution in [0.15, 0.2) is 29.4 Å². The lowest BCUT2D eigenvalue weighted by molar-refractivity contribution is -0.136. The third-order valence-electron chi connectivity index (χ3n) is 2.10. The first-order valence-electron chi connectivity index (χ1n) is 5.67. The highest BCUT2D eigenvalue weighted by molar-refractivity contribution is 6.63. The highest BCUT2D eigenvalue weighted by Gasteiger charge is 2.18. The summed E-state index contributed by atoms with van der Waals surface area (Å²) in [6.45, 7) is 3.17. The van der Waals surface area contributed by atoms with Crippen LogP contribution in [0.3, 0.4) is 0 Å². The van der Waals surface area contributed by atoms with Crippen LogP contribution in [-0.4, -0.2) is 24.1 Å². The lowest BCUT2D eigenvalue weighted by atomic mass is 10.2. The molecule has 0 unspecified atom stereocenters. The molecular formula is C13H14ClNO4. The van der Waals surface area contributed by atoms with Gasteiger partial charge in [0.15, 0.2) is 5.78 Å². The van der Waals surface area contributed by atoms with Gasteiger partial charge in [0.25, 0.3) is 0 Å². The van der Waals surface area contributed by atoms with Gasteiger partial charge >= 0.3 is 5.97 Å². The Balaban J connectivity index is 2.64. The van der Waals surface area contributed by atoms with Gasteiger partial charge in [-0.15, -0.1) is 0 Å². The Labute approximate surface area is 116 Å². The van der Waals surface area contributed by atoms with Crippen molar-refractivity contribution in [1.29, 1.82) is 0 Å². The number of oxime groups is 1. The molecule has 0 spiro atoms. The standard InChI is InChI=1S/C13H14ClNO4/c1-3-18-13(17)12(9(2)16)15-19-8-10-4-6-11(14)7-5-10/h4-7H,3,8H2,1-2H3/b15-12-. The van der Waals surface area contributed by atoms with Gasteiger partial charge in [-0.25, -0.2) is 4.79 Å². The summed E-state index contributed by atoms with van der Waals surface area (Å²) < 4.78 is 4.70. The SMILES string of the molecule is CCOC(=O)/C(=N\OCc1ccc(Cl)cc1)C(C)=O. The maximum Gasteiger partial charge on any atom is 0.364 e. The molecule has 1 aromatic carbocycles. The molecule has 0 saturated heterocycles. The minimum atomic E-state index is -0.786. The van der Waals surface area contributed by atoms with Gasteiger partial charge in [-0.05, 0) is 24.6 Å². The molecule has 102 valence electrons. The molecule has 1 rings (SSSR count). The van der Waals surface area contributed by atoms with Crippen molar-refractivity contribution in [3.63, 3.8) is 0 Å². The Morgan fingerprint density at radius 3 is 2.42 bits per heavy atom. The number of esters is 1. The fourth-order valence-electron chi connectivity index (χ4n) is 1.20. The number of benzene rings is 1. The van der Waals surface area contributed by atoms with E-state index in [1.54, 1.807) is 31.2 Å². The second kappa shape index (κ2) is 7.53. The van der Waals surface area contributed by atoms with E-state index < -0.39 is 11.8 Å². The van der Waals surface area contributed by atoms with Crippen molar-refractivity contribution < 1.29 is 19.2 Å². The molecule has 1 aromatic rings. The number of ketones is 1. The number of Topliss-reactive ketones (excluding diaryl/α,β-unsaturated/α-hetero) is 1. The van der Waals surface area contributed by atoms with Crippen molar-refractivity contribution in [1.82, 2.24) is 0 Å². The van der Waals surface area contributed by atoms with Crippen LogP contribution in [0, 0.1) is 0 Å². The Kier molecular flexibility index (Phi) is 6.02. The highest BCUT2D eigenvalue weighted by Crippen LogP contribution is 2.10. The van der Waals surface area contributed by atoms with Gasteiger partial charge < -0.3 is 9.57 Å². The number of hydrogen-bond donors (Lipinski definition) is 0. The van der Waals surface area contributed by atoms with E-state index >= 15 is 0 Å². The summed E-state index contributed by atoms with van der Waals surface area (Å²) in [6.07, 6.45) is 0. The first-order valence-corrected chi connectivity index (χ1v) is 6.04. The van der Waals surface area contributed by atoms with Crippen LogP contribution in [0.25, 0.3) is 0 Å². The van der Waals surface area contributed by atoms with Crippen LogP contribution in [-0.2, 0) is 25.8 Å². The van der Waals surface area contributed by atoms with Crippen molar-refractivity contribution in [2.24, 2.45) is 5.16 Å². The maximum atomic E-state index is 11.4. The second-order valence-corrected chi connectivity index (χ2v) is 4.05. The Morgan fingerprint density at radius 1 is 1.26 bits per heavy atom. The van der Waals surface area contributed by atoms with Gasteiger partial charge in [-0.3, -0.25) is 4.79 Å². The normalized spacial score (nSPS) is 11.0. The first kappa shape index (κ1) is 15.2. The lowest BCUT2D eigenvalue weighted by Gasteiger charge is -2.03. The topological polar surface area (TPSA) is 65.0 Å². The van der Waals surface area contributed by atoms with Crippen LogP contribution in [0.1, 0.15) is 19.4 Å². The Hall–Kier alpha value is -1.88. The molecule has 0 fully saturated rings. The van der Waals surface area contributed by atoms with Gasteiger partial charge in [-0.1, -0.05) is 28.9 Å². The zero-order valence-electron chi connectivity index (χ0n) is 10.7. The molecule has 0 heterocycles. The number of halogens is 1. The van der Waals surface area contributed by atoms with Crippen LogP contribution in [0.4, 0.5) is 0 Å². The van der Waals surface area contributed by atoms with E-state index in [4.69, 9.17) is 21.2 Å². The van der Waals surface area contributed by atoms with Crippen molar-refractivity contribution in [3.05, 3.63) is 34.9 Å². The molecule has 0 amide bonds. The zero-order valence-corrected chi connectivity index (χ0v) is 11.4. The summed E-state index contributed by atoms with van der Waals surface area (Å²) in [5.41, 5.74) is 0.468. The summed E-state index contributed by atoms with van der Waals surface area (Å²) >= 11 is 5.74. The van der Waals surface area contributed by atoms with Crippen molar-refractivity contribution in [3.8, 4) is 0 Å². The van der Waals surface area contributed by atoms with Gasteiger partial charge in [0.05, 0.1) is 6.61 Å². The first-order chi connectivity index (χ1) is 9.04. The van der Waals surface area contributed by atoms with Gasteiger partial charge in [0.2, 0.25) is 5.71 Å². The Morgan fingerprint density at radius 2 is 1.89 bits per heavy atom. The smallest absolute Gasteiger partial charge is 0.364 e. The summed E-state index contributed by atoms with van der Waals surface area (Å²) in [5, 5.41) is 4.13. The van der Waals surface area contributed by atoms with E-state index in [1.807, 2.05) is 0 Å². The van der Waals surface area contributed by atoms with Crippen LogP contribution in [0.2, 0.25) is 5.02 Å². The number of ether oxygens (including phenoxy) is 1. The van der Waals surface area contributed by atoms with Crippen molar-refractivity contribution in [2.75, 3.05) is 6.61 Å².